The fourth-order valence-electron chi connectivity index (χ4n) is 2.55. The van der Waals surface area contributed by atoms with Crippen LogP contribution >= 0.6 is 0 Å². The number of rotatable bonds is 0. The van der Waals surface area contributed by atoms with E-state index >= 15 is 0 Å². The zero-order valence-electron chi connectivity index (χ0n) is 10.7. The molecule has 2 aliphatic rings. The quantitative estimate of drug-likeness (QED) is 0.653. The summed E-state index contributed by atoms with van der Waals surface area (Å²) in [6, 6.07) is 14.6. The fourth-order valence-corrected chi connectivity index (χ4v) is 2.55. The molecule has 3 heterocycles. The van der Waals surface area contributed by atoms with E-state index in [1.807, 2.05) is 6.07 Å². The van der Waals surface area contributed by atoms with Crippen molar-refractivity contribution < 1.29 is 9.67 Å². The van der Waals surface area contributed by atoms with Gasteiger partial charge in [0.15, 0.2) is 12.7 Å². The molecule has 94 valence electrons. The Morgan fingerprint density at radius 3 is 2.74 bits per heavy atom. The van der Waals surface area contributed by atoms with E-state index in [2.05, 4.69) is 53.2 Å². The number of para-hydroxylation sites is 1. The highest BCUT2D eigenvalue weighted by atomic mass is 16.2. The van der Waals surface area contributed by atoms with Crippen LogP contribution in [0.5, 0.6) is 0 Å². The van der Waals surface area contributed by atoms with Crippen molar-refractivity contribution in [1.29, 1.82) is 0 Å². The topological polar surface area (TPSA) is 39.3 Å². The molecule has 2 aromatic rings. The Labute approximate surface area is 112 Å². The molecule has 2 aliphatic heterocycles. The van der Waals surface area contributed by atoms with E-state index in [9.17, 15) is 0 Å². The van der Waals surface area contributed by atoms with Crippen molar-refractivity contribution in [2.45, 2.75) is 6.54 Å². The third-order valence-corrected chi connectivity index (χ3v) is 3.36. The Morgan fingerprint density at radius 2 is 1.84 bits per heavy atom. The second-order valence-corrected chi connectivity index (χ2v) is 4.33. The van der Waals surface area contributed by atoms with Crippen LogP contribution in [0.4, 0.5) is 5.69 Å². The van der Waals surface area contributed by atoms with Gasteiger partial charge in [-0.3, -0.25) is 0 Å². The highest BCUT2D eigenvalue weighted by molar-refractivity contribution is 6.35. The first kappa shape index (κ1) is 11.8. The molecular weight excluding hydrogens is 236 g/mol. The van der Waals surface area contributed by atoms with Crippen molar-refractivity contribution >= 4 is 17.0 Å². The van der Waals surface area contributed by atoms with Gasteiger partial charge in [-0.05, 0) is 18.2 Å². The monoisotopic (exact) mass is 250 g/mol. The van der Waals surface area contributed by atoms with Gasteiger partial charge in [-0.2, -0.15) is 11.7 Å². The summed E-state index contributed by atoms with van der Waals surface area (Å²) in [4.78, 5) is 4.74. The van der Waals surface area contributed by atoms with Crippen LogP contribution in [0.15, 0.2) is 59.7 Å². The average Bonchev–Trinajstić information content (AvgIpc) is 2.88. The lowest BCUT2D eigenvalue weighted by Gasteiger charge is -2.09. The number of benzene rings is 1. The molecular formula is C16H14N2O. The molecule has 0 unspecified atom stereocenters. The maximum Gasteiger partial charge on any atom is 0.232 e. The summed E-state index contributed by atoms with van der Waals surface area (Å²) in [5.74, 6) is 0. The molecule has 3 nitrogen and oxygen atoms in total. The molecule has 0 radical (unpaired) electrons. The molecule has 0 N–H and O–H groups in total. The minimum absolute atomic E-state index is 0.750. The van der Waals surface area contributed by atoms with Crippen LogP contribution in [0.25, 0.3) is 5.57 Å². The average molecular weight is 250 g/mol. The Hall–Kier alpha value is -2.26. The van der Waals surface area contributed by atoms with Crippen LogP contribution in [0.1, 0.15) is 11.3 Å². The summed E-state index contributed by atoms with van der Waals surface area (Å²) in [5.41, 5.74) is 5.95. The molecule has 0 fully saturated rings. The van der Waals surface area contributed by atoms with Gasteiger partial charge in [-0.1, -0.05) is 18.2 Å². The third kappa shape index (κ3) is 1.79. The molecule has 0 spiro atoms. The summed E-state index contributed by atoms with van der Waals surface area (Å²) < 4.78 is 2.23. The van der Waals surface area contributed by atoms with Gasteiger partial charge in [0.05, 0.1) is 5.69 Å². The molecule has 1 aromatic heterocycles. The Bertz CT molecular complexity index is 687. The standard InChI is InChI=1S/C15H11N2.CH3O/c1-2-6-13-11(5-1)12-8-10-17-9-4-3-7-14(17)15(12)16-13;1-2/h1-9H,10H2;1H3/q+1;-1. The van der Waals surface area contributed by atoms with E-state index in [-0.39, 0.29) is 0 Å². The Balaban J connectivity index is 0.000000528. The predicted octanol–water partition coefficient (Wildman–Crippen LogP) is 1.48. The van der Waals surface area contributed by atoms with Crippen LogP contribution < -0.4 is 9.67 Å². The smallest absolute Gasteiger partial charge is 0.232 e. The zero-order chi connectivity index (χ0) is 13.2. The van der Waals surface area contributed by atoms with Crippen LogP contribution in [-0.2, 0) is 6.54 Å². The first-order valence-electron chi connectivity index (χ1n) is 6.22. The summed E-state index contributed by atoms with van der Waals surface area (Å²) in [6.07, 6.45) is 4.37. The predicted molar refractivity (Wildman–Crippen MR) is 73.2 cm³/mol. The van der Waals surface area contributed by atoms with Crippen LogP contribution in [0, 0.1) is 0 Å². The Morgan fingerprint density at radius 1 is 1.05 bits per heavy atom. The number of aliphatic imine (C=N–C) groups is 1. The number of allylic oxidation sites excluding steroid dienone is 2. The van der Waals surface area contributed by atoms with Crippen LogP contribution in [0.2, 0.25) is 0 Å². The van der Waals surface area contributed by atoms with E-state index in [0.29, 0.717) is 0 Å². The van der Waals surface area contributed by atoms with Crippen molar-refractivity contribution in [3.63, 3.8) is 0 Å². The number of hydrogen-bond acceptors (Lipinski definition) is 2. The SMILES string of the molecule is C1=C2C(=Nc3ccccc32)c2cccc[n+]2C1.C[O-]. The van der Waals surface area contributed by atoms with Gasteiger partial charge >= 0.3 is 0 Å². The largest absolute Gasteiger partial charge is 0.857 e. The third-order valence-electron chi connectivity index (χ3n) is 3.36. The first-order chi connectivity index (χ1) is 9.43. The maximum atomic E-state index is 8.25. The normalized spacial score (nSPS) is 14.2. The van der Waals surface area contributed by atoms with Crippen molar-refractivity contribution in [3.05, 3.63) is 66.0 Å². The van der Waals surface area contributed by atoms with Crippen LogP contribution in [0.3, 0.4) is 0 Å². The van der Waals surface area contributed by atoms with Gasteiger partial charge < -0.3 is 5.11 Å². The van der Waals surface area contributed by atoms with Gasteiger partial charge in [0.25, 0.3) is 0 Å². The second kappa shape index (κ2) is 4.78. The maximum absolute atomic E-state index is 8.25. The lowest BCUT2D eigenvalue weighted by Crippen LogP contribution is -2.42. The van der Waals surface area contributed by atoms with E-state index in [1.165, 1.54) is 16.8 Å². The summed E-state index contributed by atoms with van der Waals surface area (Å²) in [6.45, 7) is 0.929. The molecule has 0 saturated carbocycles. The highest BCUT2D eigenvalue weighted by Gasteiger charge is 2.30. The minimum atomic E-state index is 0.750. The molecule has 1 aromatic carbocycles. The van der Waals surface area contributed by atoms with Gasteiger partial charge in [-0.15, -0.1) is 0 Å². The van der Waals surface area contributed by atoms with E-state index in [4.69, 9.17) is 10.1 Å². The molecule has 4 rings (SSSR count). The summed E-state index contributed by atoms with van der Waals surface area (Å²) in [7, 11) is 0.750. The van der Waals surface area contributed by atoms with E-state index in [1.54, 1.807) is 0 Å². The van der Waals surface area contributed by atoms with Gasteiger partial charge in [-0.25, -0.2) is 4.99 Å². The lowest BCUT2D eigenvalue weighted by atomic mass is 9.98. The minimum Gasteiger partial charge on any atom is -0.857 e. The first-order valence-corrected chi connectivity index (χ1v) is 6.22. The van der Waals surface area contributed by atoms with Crippen molar-refractivity contribution in [3.8, 4) is 0 Å². The fraction of sp³-hybridized carbons (Fsp3) is 0.125. The van der Waals surface area contributed by atoms with E-state index < -0.39 is 0 Å². The van der Waals surface area contributed by atoms with Crippen LogP contribution in [-0.4, -0.2) is 12.8 Å². The number of aromatic nitrogens is 1. The number of fused-ring (bicyclic) bond motifs is 5. The van der Waals surface area contributed by atoms with Crippen molar-refractivity contribution in [2.75, 3.05) is 7.11 Å². The van der Waals surface area contributed by atoms with Gasteiger partial charge in [0, 0.05) is 23.3 Å². The van der Waals surface area contributed by atoms with E-state index in [0.717, 1.165) is 25.1 Å². The number of hydrogen-bond donors (Lipinski definition) is 0. The molecule has 0 saturated heterocycles. The Kier molecular flexibility index (Phi) is 2.97. The molecule has 0 amide bonds. The number of pyridine rings is 1. The lowest BCUT2D eigenvalue weighted by molar-refractivity contribution is -0.688. The molecule has 0 aliphatic carbocycles. The van der Waals surface area contributed by atoms with Gasteiger partial charge in [0.1, 0.15) is 5.71 Å². The highest BCUT2D eigenvalue weighted by Crippen LogP contribution is 2.36. The molecule has 0 atom stereocenters. The number of nitrogens with zero attached hydrogens (tertiary/aromatic N) is 2. The van der Waals surface area contributed by atoms with Crippen molar-refractivity contribution in [1.82, 2.24) is 0 Å². The van der Waals surface area contributed by atoms with Crippen molar-refractivity contribution in [2.24, 2.45) is 4.99 Å². The molecule has 19 heavy (non-hydrogen) atoms. The molecule has 0 bridgehead atoms. The summed E-state index contributed by atoms with van der Waals surface area (Å²) in [5, 5.41) is 8.25. The van der Waals surface area contributed by atoms with Gasteiger partial charge in [0.2, 0.25) is 5.69 Å². The second-order valence-electron chi connectivity index (χ2n) is 4.33. The zero-order valence-corrected chi connectivity index (χ0v) is 10.7. The molecule has 3 heteroatoms. The summed E-state index contributed by atoms with van der Waals surface area (Å²) >= 11 is 0.